The van der Waals surface area contributed by atoms with Crippen LogP contribution in [-0.4, -0.2) is 9.97 Å². The van der Waals surface area contributed by atoms with E-state index in [-0.39, 0.29) is 0 Å². The van der Waals surface area contributed by atoms with Gasteiger partial charge < -0.3 is 4.42 Å². The van der Waals surface area contributed by atoms with Gasteiger partial charge in [0.15, 0.2) is 5.82 Å². The first kappa shape index (κ1) is 32.1. The lowest BCUT2D eigenvalue weighted by Crippen LogP contribution is -2.28. The molecule has 56 heavy (non-hydrogen) atoms. The van der Waals surface area contributed by atoms with Gasteiger partial charge in [-0.3, -0.25) is 0 Å². The predicted molar refractivity (Wildman–Crippen MR) is 228 cm³/mol. The summed E-state index contributed by atoms with van der Waals surface area (Å²) in [5.41, 5.74) is 15.7. The molecule has 0 atom stereocenters. The average Bonchev–Trinajstić information content (AvgIpc) is 3.81. The highest BCUT2D eigenvalue weighted by Crippen LogP contribution is 2.56. The van der Waals surface area contributed by atoms with Crippen LogP contribution < -0.4 is 0 Å². The number of hydrogen-bond donors (Lipinski definition) is 0. The highest BCUT2D eigenvalue weighted by atomic mass is 16.3. The maximum atomic E-state index is 6.33. The predicted octanol–water partition coefficient (Wildman–Crippen LogP) is 13.4. The third kappa shape index (κ3) is 4.91. The molecule has 2 aromatic heterocycles. The Morgan fingerprint density at radius 1 is 0.357 bits per heavy atom. The molecule has 3 nitrogen and oxygen atoms in total. The standard InChI is InChI=1S/C53H34N2O/c1-4-17-35(18-5-1)52-54-47(34-48(55-52)42-25-11-10-23-39(42)43-27-16-30-50-51(43)44-26-13-15-29-49(44)56-50)36-31-32-41-40-24-12-14-28-45(40)53(46(41)33-36,37-19-6-2-7-20-37)38-21-8-3-9-22-38/h1-34H. The van der Waals surface area contributed by atoms with Crippen LogP contribution in [0.4, 0.5) is 0 Å². The summed E-state index contributed by atoms with van der Waals surface area (Å²) in [6.07, 6.45) is 0. The summed E-state index contributed by atoms with van der Waals surface area (Å²) < 4.78 is 6.33. The van der Waals surface area contributed by atoms with E-state index in [0.29, 0.717) is 5.82 Å². The Bertz CT molecular complexity index is 3040. The number of rotatable bonds is 6. The SMILES string of the molecule is c1ccc(-c2nc(-c3ccc4c(c3)C(c3ccccc3)(c3ccccc3)c3ccccc3-4)cc(-c3ccccc3-c3cccc4oc5ccccc5c34)n2)cc1. The summed E-state index contributed by atoms with van der Waals surface area (Å²) in [5, 5.41) is 2.20. The molecule has 0 bridgehead atoms. The molecule has 2 heterocycles. The van der Waals surface area contributed by atoms with Crippen LogP contribution in [0, 0.1) is 0 Å². The second-order valence-corrected chi connectivity index (χ2v) is 14.4. The molecular weight excluding hydrogens is 681 g/mol. The monoisotopic (exact) mass is 714 g/mol. The fourth-order valence-electron chi connectivity index (χ4n) is 8.99. The van der Waals surface area contributed by atoms with Gasteiger partial charge in [-0.2, -0.15) is 0 Å². The fourth-order valence-corrected chi connectivity index (χ4v) is 8.99. The van der Waals surface area contributed by atoms with Gasteiger partial charge in [0.1, 0.15) is 11.2 Å². The normalized spacial score (nSPS) is 12.8. The minimum atomic E-state index is -0.513. The Kier molecular flexibility index (Phi) is 7.39. The summed E-state index contributed by atoms with van der Waals surface area (Å²) >= 11 is 0. The third-order valence-electron chi connectivity index (χ3n) is 11.4. The van der Waals surface area contributed by atoms with Crippen molar-refractivity contribution in [1.29, 1.82) is 0 Å². The molecule has 0 saturated carbocycles. The molecule has 0 N–H and O–H groups in total. The molecule has 8 aromatic carbocycles. The van der Waals surface area contributed by atoms with E-state index in [9.17, 15) is 0 Å². The quantitative estimate of drug-likeness (QED) is 0.172. The highest BCUT2D eigenvalue weighted by molar-refractivity contribution is 6.13. The van der Waals surface area contributed by atoms with E-state index < -0.39 is 5.41 Å². The van der Waals surface area contributed by atoms with Gasteiger partial charge in [0.05, 0.1) is 16.8 Å². The Hall–Kier alpha value is -7.36. The summed E-state index contributed by atoms with van der Waals surface area (Å²) in [5.74, 6) is 0.682. The molecule has 1 aliphatic rings. The van der Waals surface area contributed by atoms with Crippen LogP contribution in [0.2, 0.25) is 0 Å². The number of hydrogen-bond acceptors (Lipinski definition) is 3. The lowest BCUT2D eigenvalue weighted by molar-refractivity contribution is 0.669. The van der Waals surface area contributed by atoms with Crippen LogP contribution in [0.3, 0.4) is 0 Å². The van der Waals surface area contributed by atoms with Crippen molar-refractivity contribution in [3.8, 4) is 56.2 Å². The molecule has 3 heteroatoms. The molecule has 0 radical (unpaired) electrons. The van der Waals surface area contributed by atoms with Gasteiger partial charge in [-0.05, 0) is 68.8 Å². The van der Waals surface area contributed by atoms with Crippen molar-refractivity contribution < 1.29 is 4.42 Å². The summed E-state index contributed by atoms with van der Waals surface area (Å²) in [4.78, 5) is 10.6. The first-order chi connectivity index (χ1) is 27.8. The summed E-state index contributed by atoms with van der Waals surface area (Å²) in [7, 11) is 0. The van der Waals surface area contributed by atoms with E-state index in [1.165, 1.54) is 33.4 Å². The number of para-hydroxylation sites is 1. The van der Waals surface area contributed by atoms with Crippen molar-refractivity contribution in [3.05, 3.63) is 229 Å². The smallest absolute Gasteiger partial charge is 0.160 e. The molecule has 0 saturated heterocycles. The van der Waals surface area contributed by atoms with E-state index in [0.717, 1.165) is 61.1 Å². The van der Waals surface area contributed by atoms with Crippen molar-refractivity contribution in [2.45, 2.75) is 5.41 Å². The Morgan fingerprint density at radius 2 is 0.929 bits per heavy atom. The van der Waals surface area contributed by atoms with Crippen molar-refractivity contribution in [2.24, 2.45) is 0 Å². The van der Waals surface area contributed by atoms with Crippen LogP contribution in [0.25, 0.3) is 78.1 Å². The van der Waals surface area contributed by atoms with Gasteiger partial charge in [-0.25, -0.2) is 9.97 Å². The van der Waals surface area contributed by atoms with E-state index in [1.54, 1.807) is 0 Å². The van der Waals surface area contributed by atoms with E-state index in [2.05, 4.69) is 176 Å². The highest BCUT2D eigenvalue weighted by Gasteiger charge is 2.46. The molecule has 0 fully saturated rings. The zero-order valence-corrected chi connectivity index (χ0v) is 30.4. The van der Waals surface area contributed by atoms with Crippen molar-refractivity contribution in [2.75, 3.05) is 0 Å². The minimum absolute atomic E-state index is 0.513. The summed E-state index contributed by atoms with van der Waals surface area (Å²) in [6, 6.07) is 73.2. The molecular formula is C53H34N2O. The Morgan fingerprint density at radius 3 is 1.70 bits per heavy atom. The number of furan rings is 1. The second kappa shape index (κ2) is 12.9. The number of nitrogens with zero attached hydrogens (tertiary/aromatic N) is 2. The number of aromatic nitrogens is 2. The Labute approximate surface area is 325 Å². The zero-order valence-electron chi connectivity index (χ0n) is 30.4. The molecule has 0 spiro atoms. The van der Waals surface area contributed by atoms with Gasteiger partial charge in [-0.1, -0.05) is 182 Å². The average molecular weight is 715 g/mol. The van der Waals surface area contributed by atoms with Gasteiger partial charge >= 0.3 is 0 Å². The van der Waals surface area contributed by atoms with Crippen molar-refractivity contribution in [1.82, 2.24) is 9.97 Å². The van der Waals surface area contributed by atoms with Gasteiger partial charge in [0.2, 0.25) is 0 Å². The number of fused-ring (bicyclic) bond motifs is 6. The van der Waals surface area contributed by atoms with E-state index >= 15 is 0 Å². The second-order valence-electron chi connectivity index (χ2n) is 14.4. The van der Waals surface area contributed by atoms with Crippen molar-refractivity contribution >= 4 is 21.9 Å². The largest absolute Gasteiger partial charge is 0.456 e. The lowest BCUT2D eigenvalue weighted by atomic mass is 9.67. The third-order valence-corrected chi connectivity index (χ3v) is 11.4. The van der Waals surface area contributed by atoms with E-state index in [1.807, 2.05) is 30.3 Å². The van der Waals surface area contributed by atoms with E-state index in [4.69, 9.17) is 14.4 Å². The maximum Gasteiger partial charge on any atom is 0.160 e. The topological polar surface area (TPSA) is 38.9 Å². The van der Waals surface area contributed by atoms with Crippen LogP contribution >= 0.6 is 0 Å². The van der Waals surface area contributed by atoms with Gasteiger partial charge in [0.25, 0.3) is 0 Å². The first-order valence-electron chi connectivity index (χ1n) is 19.1. The molecule has 10 aromatic rings. The van der Waals surface area contributed by atoms with Crippen molar-refractivity contribution in [3.63, 3.8) is 0 Å². The van der Waals surface area contributed by atoms with Crippen LogP contribution in [0.15, 0.2) is 211 Å². The first-order valence-corrected chi connectivity index (χ1v) is 19.1. The fraction of sp³-hybridized carbons (Fsp3) is 0.0189. The maximum absolute atomic E-state index is 6.33. The zero-order chi connectivity index (χ0) is 37.1. The van der Waals surface area contributed by atoms with Crippen LogP contribution in [-0.2, 0) is 5.41 Å². The van der Waals surface area contributed by atoms with Crippen LogP contribution in [0.5, 0.6) is 0 Å². The molecule has 262 valence electrons. The van der Waals surface area contributed by atoms with Gasteiger partial charge in [0, 0.05) is 27.5 Å². The molecule has 1 aliphatic carbocycles. The summed E-state index contributed by atoms with van der Waals surface area (Å²) in [6.45, 7) is 0. The van der Waals surface area contributed by atoms with Crippen LogP contribution in [0.1, 0.15) is 22.3 Å². The molecule has 0 unspecified atom stereocenters. The Balaban J connectivity index is 1.16. The molecule has 11 rings (SSSR count). The lowest BCUT2D eigenvalue weighted by Gasteiger charge is -2.34. The molecule has 0 amide bonds. The number of benzene rings is 8. The molecule has 0 aliphatic heterocycles. The minimum Gasteiger partial charge on any atom is -0.456 e. The van der Waals surface area contributed by atoms with Gasteiger partial charge in [-0.15, -0.1) is 0 Å².